The molecule has 3 aliphatic carbocycles. The number of alkyl halides is 2. The summed E-state index contributed by atoms with van der Waals surface area (Å²) in [5.41, 5.74) is 0. The van der Waals surface area contributed by atoms with E-state index in [0.29, 0.717) is 12.3 Å². The van der Waals surface area contributed by atoms with E-state index < -0.39 is 35.7 Å². The van der Waals surface area contributed by atoms with Gasteiger partial charge in [0.05, 0.1) is 5.92 Å². The summed E-state index contributed by atoms with van der Waals surface area (Å²) in [5.74, 6) is -2.32. The molecule has 1 aromatic rings. The minimum atomic E-state index is -3.28. The molecule has 4 atom stereocenters. The molecule has 1 aromatic carbocycles. The summed E-state index contributed by atoms with van der Waals surface area (Å²) in [5, 5.41) is 0. The lowest BCUT2D eigenvalue weighted by Gasteiger charge is -2.46. The van der Waals surface area contributed by atoms with E-state index in [1.165, 1.54) is 51.4 Å². The maximum Gasteiger partial charge on any atom is 0.387 e. The molecular weight excluding hydrogens is 472 g/mol. The van der Waals surface area contributed by atoms with Gasteiger partial charge in [0, 0.05) is 0 Å². The van der Waals surface area contributed by atoms with Crippen LogP contribution in [0.15, 0.2) is 12.1 Å². The Labute approximate surface area is 212 Å². The molecule has 7 heteroatoms. The van der Waals surface area contributed by atoms with Crippen LogP contribution in [-0.2, 0) is 4.79 Å². The van der Waals surface area contributed by atoms with Gasteiger partial charge in [-0.2, -0.15) is 17.6 Å². The lowest BCUT2D eigenvalue weighted by Crippen LogP contribution is -2.40. The Hall–Kier alpha value is -1.79. The van der Waals surface area contributed by atoms with Gasteiger partial charge in [-0.3, -0.25) is 4.79 Å². The van der Waals surface area contributed by atoms with Crippen molar-refractivity contribution in [3.05, 3.63) is 23.8 Å². The largest absolute Gasteiger partial charge is 0.432 e. The van der Waals surface area contributed by atoms with Gasteiger partial charge in [0.1, 0.15) is 0 Å². The van der Waals surface area contributed by atoms with Gasteiger partial charge < -0.3 is 9.47 Å². The summed E-state index contributed by atoms with van der Waals surface area (Å²) in [7, 11) is 0. The van der Waals surface area contributed by atoms with Crippen molar-refractivity contribution in [1.29, 1.82) is 0 Å². The number of rotatable bonds is 9. The monoisotopic (exact) mass is 512 g/mol. The van der Waals surface area contributed by atoms with Gasteiger partial charge in [0.2, 0.25) is 11.6 Å². The maximum atomic E-state index is 14.4. The first kappa shape index (κ1) is 27.3. The fourth-order valence-electron chi connectivity index (χ4n) is 7.32. The Balaban J connectivity index is 1.31. The molecule has 3 aliphatic rings. The number of esters is 1. The SMILES string of the molecule is CCCCCC1CCC(C2CCC3C(CCCC3C(=O)Oc3ccc(OC(F)F)c(F)c3F)C2)CC1. The van der Waals surface area contributed by atoms with Crippen molar-refractivity contribution in [2.24, 2.45) is 35.5 Å². The average Bonchev–Trinajstić information content (AvgIpc) is 2.88. The van der Waals surface area contributed by atoms with E-state index in [9.17, 15) is 22.4 Å². The molecule has 202 valence electrons. The van der Waals surface area contributed by atoms with Gasteiger partial charge in [-0.05, 0) is 80.2 Å². The van der Waals surface area contributed by atoms with Crippen LogP contribution >= 0.6 is 0 Å². The van der Waals surface area contributed by atoms with Crippen LogP contribution in [0.4, 0.5) is 17.6 Å². The minimum Gasteiger partial charge on any atom is -0.432 e. The van der Waals surface area contributed by atoms with Crippen molar-refractivity contribution in [1.82, 2.24) is 0 Å². The lowest BCUT2D eigenvalue weighted by molar-refractivity contribution is -0.144. The third kappa shape index (κ3) is 6.55. The van der Waals surface area contributed by atoms with E-state index in [1.54, 1.807) is 0 Å². The second kappa shape index (κ2) is 12.6. The number of ether oxygens (including phenoxy) is 2. The van der Waals surface area contributed by atoms with Crippen LogP contribution in [0.5, 0.6) is 11.5 Å². The smallest absolute Gasteiger partial charge is 0.387 e. The van der Waals surface area contributed by atoms with E-state index >= 15 is 0 Å². The standard InChI is InChI=1S/C29H40F4O3/c1-2-3-4-6-18-9-11-19(12-10-18)20-13-14-22-21(17-20)7-5-8-23(22)28(34)35-24-15-16-25(36-29(32)33)27(31)26(24)30/h15-16,18-23,29H,2-14,17H2,1H3. The van der Waals surface area contributed by atoms with Crippen molar-refractivity contribution in [3.63, 3.8) is 0 Å². The summed E-state index contributed by atoms with van der Waals surface area (Å²) in [6.07, 6.45) is 16.7. The fourth-order valence-corrected chi connectivity index (χ4v) is 7.32. The molecule has 4 rings (SSSR count). The van der Waals surface area contributed by atoms with Crippen molar-refractivity contribution < 1.29 is 31.8 Å². The molecule has 0 spiro atoms. The average molecular weight is 513 g/mol. The molecule has 3 saturated carbocycles. The summed E-state index contributed by atoms with van der Waals surface area (Å²) >= 11 is 0. The number of carbonyl (C=O) groups is 1. The number of carbonyl (C=O) groups excluding carboxylic acids is 1. The minimum absolute atomic E-state index is 0.210. The van der Waals surface area contributed by atoms with Crippen molar-refractivity contribution >= 4 is 5.97 Å². The quantitative estimate of drug-likeness (QED) is 0.144. The Bertz CT molecular complexity index is 868. The third-order valence-electron chi connectivity index (χ3n) is 9.20. The van der Waals surface area contributed by atoms with Gasteiger partial charge in [0.25, 0.3) is 0 Å². The van der Waals surface area contributed by atoms with Crippen molar-refractivity contribution in [2.45, 2.75) is 103 Å². The molecule has 0 bridgehead atoms. The van der Waals surface area contributed by atoms with E-state index in [1.807, 2.05) is 0 Å². The number of benzene rings is 1. The summed E-state index contributed by atoms with van der Waals surface area (Å²) in [4.78, 5) is 13.0. The molecule has 0 aromatic heterocycles. The molecule has 0 amide bonds. The number of hydrogen-bond acceptors (Lipinski definition) is 3. The van der Waals surface area contributed by atoms with E-state index in [-0.39, 0.29) is 11.8 Å². The summed E-state index contributed by atoms with van der Waals surface area (Å²) in [6, 6.07) is 1.84. The van der Waals surface area contributed by atoms with E-state index in [4.69, 9.17) is 4.74 Å². The van der Waals surface area contributed by atoms with Crippen LogP contribution in [-0.4, -0.2) is 12.6 Å². The number of unbranched alkanes of at least 4 members (excludes halogenated alkanes) is 2. The first-order valence-corrected chi connectivity index (χ1v) is 14.0. The zero-order chi connectivity index (χ0) is 25.7. The Morgan fingerprint density at radius 1 is 0.889 bits per heavy atom. The molecule has 4 unspecified atom stereocenters. The second-order valence-electron chi connectivity index (χ2n) is 11.3. The van der Waals surface area contributed by atoms with Crippen LogP contribution in [0.3, 0.4) is 0 Å². The molecular formula is C29H40F4O3. The Morgan fingerprint density at radius 3 is 2.31 bits per heavy atom. The molecule has 3 nitrogen and oxygen atoms in total. The number of hydrogen-bond donors (Lipinski definition) is 0. The molecule has 0 aliphatic heterocycles. The number of fused-ring (bicyclic) bond motifs is 1. The number of halogens is 4. The van der Waals surface area contributed by atoms with Gasteiger partial charge in [-0.1, -0.05) is 58.3 Å². The van der Waals surface area contributed by atoms with Crippen LogP contribution in [0.2, 0.25) is 0 Å². The maximum absolute atomic E-state index is 14.4. The first-order chi connectivity index (χ1) is 17.4. The zero-order valence-electron chi connectivity index (χ0n) is 21.3. The highest BCUT2D eigenvalue weighted by molar-refractivity contribution is 5.75. The third-order valence-corrected chi connectivity index (χ3v) is 9.20. The predicted octanol–water partition coefficient (Wildman–Crippen LogP) is 8.69. The first-order valence-electron chi connectivity index (χ1n) is 14.0. The Kier molecular flexibility index (Phi) is 9.57. The topological polar surface area (TPSA) is 35.5 Å². The highest BCUT2D eigenvalue weighted by Crippen LogP contribution is 2.50. The zero-order valence-corrected chi connectivity index (χ0v) is 21.3. The van der Waals surface area contributed by atoms with Crippen molar-refractivity contribution in [3.8, 4) is 11.5 Å². The van der Waals surface area contributed by atoms with Crippen LogP contribution in [0.25, 0.3) is 0 Å². The second-order valence-corrected chi connectivity index (χ2v) is 11.3. The summed E-state index contributed by atoms with van der Waals surface area (Å²) < 4.78 is 62.4. The fraction of sp³-hybridized carbons (Fsp3) is 0.759. The van der Waals surface area contributed by atoms with Crippen molar-refractivity contribution in [2.75, 3.05) is 0 Å². The van der Waals surface area contributed by atoms with Gasteiger partial charge in [0.15, 0.2) is 11.5 Å². The highest BCUT2D eigenvalue weighted by Gasteiger charge is 2.43. The molecule has 0 heterocycles. The van der Waals surface area contributed by atoms with Gasteiger partial charge in [-0.15, -0.1) is 0 Å². The molecule has 3 fully saturated rings. The van der Waals surface area contributed by atoms with Gasteiger partial charge in [-0.25, -0.2) is 0 Å². The molecule has 0 saturated heterocycles. The molecule has 0 radical (unpaired) electrons. The van der Waals surface area contributed by atoms with Crippen LogP contribution in [0, 0.1) is 47.1 Å². The van der Waals surface area contributed by atoms with E-state index in [0.717, 1.165) is 62.0 Å². The normalized spacial score (nSPS) is 30.6. The molecule has 36 heavy (non-hydrogen) atoms. The van der Waals surface area contributed by atoms with E-state index in [2.05, 4.69) is 11.7 Å². The predicted molar refractivity (Wildman–Crippen MR) is 130 cm³/mol. The molecule has 0 N–H and O–H groups in total. The highest BCUT2D eigenvalue weighted by atomic mass is 19.3. The van der Waals surface area contributed by atoms with Crippen LogP contribution in [0.1, 0.15) is 96.8 Å². The van der Waals surface area contributed by atoms with Gasteiger partial charge >= 0.3 is 12.6 Å². The van der Waals surface area contributed by atoms with Crippen LogP contribution < -0.4 is 9.47 Å². The Morgan fingerprint density at radius 2 is 1.58 bits per heavy atom. The lowest BCUT2D eigenvalue weighted by atomic mass is 9.59. The summed E-state index contributed by atoms with van der Waals surface area (Å²) in [6.45, 7) is -1.02.